The molecule has 7 heteroatoms. The summed E-state index contributed by atoms with van der Waals surface area (Å²) >= 11 is 13.3. The molecule has 0 spiro atoms. The predicted molar refractivity (Wildman–Crippen MR) is 108 cm³/mol. The van der Waals surface area contributed by atoms with Crippen molar-refractivity contribution >= 4 is 46.0 Å². The predicted octanol–water partition coefficient (Wildman–Crippen LogP) is 5.42. The van der Waals surface area contributed by atoms with Gasteiger partial charge < -0.3 is 10.2 Å². The Kier molecular flexibility index (Phi) is 4.65. The van der Waals surface area contributed by atoms with Crippen LogP contribution in [0.3, 0.4) is 0 Å². The molecule has 0 radical (unpaired) electrons. The molecule has 1 aromatic carbocycles. The van der Waals surface area contributed by atoms with Gasteiger partial charge in [0, 0.05) is 16.8 Å². The van der Waals surface area contributed by atoms with Gasteiger partial charge in [0.15, 0.2) is 5.11 Å². The highest BCUT2D eigenvalue weighted by Gasteiger charge is 2.41. The zero-order valence-corrected chi connectivity index (χ0v) is 16.2. The molecule has 0 saturated carbocycles. The van der Waals surface area contributed by atoms with Crippen LogP contribution in [0.2, 0.25) is 4.34 Å². The van der Waals surface area contributed by atoms with Gasteiger partial charge in [0.25, 0.3) is 0 Å². The molecule has 2 unspecified atom stereocenters. The average Bonchev–Trinajstić information content (AvgIpc) is 3.21. The number of rotatable bonds is 3. The number of halogens is 2. The molecular formula is C19H15ClFN3S2. The van der Waals surface area contributed by atoms with Crippen molar-refractivity contribution in [1.29, 1.82) is 0 Å². The lowest BCUT2D eigenvalue weighted by Gasteiger charge is -2.27. The molecule has 1 aliphatic heterocycles. The van der Waals surface area contributed by atoms with Crippen LogP contribution < -0.4 is 10.2 Å². The second kappa shape index (κ2) is 6.95. The Labute approximate surface area is 165 Å². The van der Waals surface area contributed by atoms with Gasteiger partial charge >= 0.3 is 0 Å². The molecule has 0 amide bonds. The zero-order valence-electron chi connectivity index (χ0n) is 13.8. The van der Waals surface area contributed by atoms with Crippen molar-refractivity contribution in [3.05, 3.63) is 81.0 Å². The minimum absolute atomic E-state index is 0.111. The summed E-state index contributed by atoms with van der Waals surface area (Å²) < 4.78 is 14.5. The summed E-state index contributed by atoms with van der Waals surface area (Å²) in [5.74, 6) is -0.233. The summed E-state index contributed by atoms with van der Waals surface area (Å²) in [6, 6.07) is 14.5. The minimum Gasteiger partial charge on any atom is -0.351 e. The molecule has 1 saturated heterocycles. The van der Waals surface area contributed by atoms with Gasteiger partial charge in [-0.1, -0.05) is 17.7 Å². The van der Waals surface area contributed by atoms with E-state index in [1.165, 1.54) is 17.4 Å². The number of thiocarbonyl (C=S) groups is 1. The van der Waals surface area contributed by atoms with Crippen molar-refractivity contribution < 1.29 is 4.39 Å². The van der Waals surface area contributed by atoms with Crippen molar-refractivity contribution in [2.45, 2.75) is 19.0 Å². The zero-order chi connectivity index (χ0) is 18.3. The smallest absolute Gasteiger partial charge is 0.174 e. The first-order chi connectivity index (χ1) is 12.5. The highest BCUT2D eigenvalue weighted by molar-refractivity contribution is 7.80. The van der Waals surface area contributed by atoms with Crippen LogP contribution in [0, 0.1) is 12.7 Å². The summed E-state index contributed by atoms with van der Waals surface area (Å²) in [5.41, 5.74) is 2.31. The molecular weight excluding hydrogens is 389 g/mol. The lowest BCUT2D eigenvalue weighted by Crippen LogP contribution is -2.29. The van der Waals surface area contributed by atoms with E-state index >= 15 is 0 Å². The van der Waals surface area contributed by atoms with Crippen LogP contribution in [-0.4, -0.2) is 10.1 Å². The molecule has 1 aliphatic rings. The number of anilines is 1. The summed E-state index contributed by atoms with van der Waals surface area (Å²) in [7, 11) is 0. The van der Waals surface area contributed by atoms with Gasteiger partial charge in [0.05, 0.1) is 22.1 Å². The fourth-order valence-electron chi connectivity index (χ4n) is 3.19. The lowest BCUT2D eigenvalue weighted by molar-refractivity contribution is 0.574. The van der Waals surface area contributed by atoms with E-state index in [0.717, 1.165) is 16.3 Å². The number of pyridine rings is 1. The number of aromatic nitrogens is 1. The Morgan fingerprint density at radius 3 is 2.73 bits per heavy atom. The Hall–Kier alpha value is -2.02. The van der Waals surface area contributed by atoms with Gasteiger partial charge in [-0.2, -0.15) is 0 Å². The molecule has 4 rings (SSSR count). The fraction of sp³-hybridized carbons (Fsp3) is 0.158. The van der Waals surface area contributed by atoms with Crippen LogP contribution in [0.4, 0.5) is 10.1 Å². The average molecular weight is 404 g/mol. The number of aryl methyl sites for hydroxylation is 1. The maximum atomic E-state index is 13.8. The van der Waals surface area contributed by atoms with Gasteiger partial charge in [0.2, 0.25) is 0 Å². The highest BCUT2D eigenvalue weighted by atomic mass is 35.5. The van der Waals surface area contributed by atoms with Crippen molar-refractivity contribution in [3.63, 3.8) is 0 Å². The summed E-state index contributed by atoms with van der Waals surface area (Å²) in [4.78, 5) is 7.59. The second-order valence-electron chi connectivity index (χ2n) is 6.07. The first-order valence-electron chi connectivity index (χ1n) is 8.06. The van der Waals surface area contributed by atoms with Crippen molar-refractivity contribution in [1.82, 2.24) is 10.3 Å². The molecule has 3 nitrogen and oxygen atoms in total. The SMILES string of the molecule is Cc1cc(N2C(=S)NC(c3ccccn3)C2c2ccc(Cl)s2)ccc1F. The number of hydrogen-bond donors (Lipinski definition) is 1. The Balaban J connectivity index is 1.83. The molecule has 3 aromatic rings. The largest absolute Gasteiger partial charge is 0.351 e. The molecule has 132 valence electrons. The van der Waals surface area contributed by atoms with Gasteiger partial charge in [0.1, 0.15) is 5.82 Å². The summed E-state index contributed by atoms with van der Waals surface area (Å²) in [5, 5.41) is 3.96. The van der Waals surface area contributed by atoms with Crippen LogP contribution in [0.15, 0.2) is 54.7 Å². The third-order valence-corrected chi connectivity index (χ3v) is 6.02. The van der Waals surface area contributed by atoms with E-state index < -0.39 is 0 Å². The Morgan fingerprint density at radius 2 is 2.08 bits per heavy atom. The van der Waals surface area contributed by atoms with Crippen LogP contribution in [0.5, 0.6) is 0 Å². The van der Waals surface area contributed by atoms with Gasteiger partial charge in [-0.05, 0) is 67.2 Å². The highest BCUT2D eigenvalue weighted by Crippen LogP contribution is 2.44. The number of thiophene rings is 1. The summed E-state index contributed by atoms with van der Waals surface area (Å²) in [6.07, 6.45) is 1.77. The van der Waals surface area contributed by atoms with Crippen LogP contribution in [0.1, 0.15) is 28.2 Å². The number of nitrogens with zero attached hydrogens (tertiary/aromatic N) is 2. The Morgan fingerprint density at radius 1 is 1.23 bits per heavy atom. The van der Waals surface area contributed by atoms with Crippen molar-refractivity contribution in [2.75, 3.05) is 4.90 Å². The number of nitrogens with one attached hydrogen (secondary N) is 1. The maximum absolute atomic E-state index is 13.8. The van der Waals surface area contributed by atoms with E-state index in [-0.39, 0.29) is 17.9 Å². The van der Waals surface area contributed by atoms with E-state index in [9.17, 15) is 4.39 Å². The van der Waals surface area contributed by atoms with Crippen molar-refractivity contribution in [3.8, 4) is 0 Å². The molecule has 0 bridgehead atoms. The van der Waals surface area contributed by atoms with E-state index in [1.54, 1.807) is 19.2 Å². The summed E-state index contributed by atoms with van der Waals surface area (Å²) in [6.45, 7) is 1.75. The third kappa shape index (κ3) is 3.09. The molecule has 2 atom stereocenters. The molecule has 1 fully saturated rings. The van der Waals surface area contributed by atoms with E-state index in [1.807, 2.05) is 41.3 Å². The van der Waals surface area contributed by atoms with Crippen LogP contribution >= 0.6 is 35.2 Å². The van der Waals surface area contributed by atoms with Gasteiger partial charge in [-0.25, -0.2) is 4.39 Å². The molecule has 2 aromatic heterocycles. The molecule has 3 heterocycles. The van der Waals surface area contributed by atoms with Gasteiger partial charge in [-0.15, -0.1) is 11.3 Å². The first kappa shape index (κ1) is 17.4. The maximum Gasteiger partial charge on any atom is 0.174 e. The fourth-order valence-corrected chi connectivity index (χ4v) is 4.72. The second-order valence-corrected chi connectivity index (χ2v) is 8.21. The Bertz CT molecular complexity index is 960. The third-order valence-electron chi connectivity index (χ3n) is 4.40. The monoisotopic (exact) mass is 403 g/mol. The topological polar surface area (TPSA) is 28.2 Å². The van der Waals surface area contributed by atoms with Crippen LogP contribution in [0.25, 0.3) is 0 Å². The quantitative estimate of drug-likeness (QED) is 0.591. The van der Waals surface area contributed by atoms with Crippen LogP contribution in [-0.2, 0) is 0 Å². The number of benzene rings is 1. The number of hydrogen-bond acceptors (Lipinski definition) is 3. The first-order valence-corrected chi connectivity index (χ1v) is 9.67. The minimum atomic E-state index is -0.233. The molecule has 0 aliphatic carbocycles. The van der Waals surface area contributed by atoms with E-state index in [0.29, 0.717) is 15.0 Å². The normalized spacial score (nSPS) is 19.7. The van der Waals surface area contributed by atoms with Gasteiger partial charge in [-0.3, -0.25) is 4.98 Å². The van der Waals surface area contributed by atoms with E-state index in [2.05, 4.69) is 10.3 Å². The lowest BCUT2D eigenvalue weighted by atomic mass is 10.0. The van der Waals surface area contributed by atoms with E-state index in [4.69, 9.17) is 23.8 Å². The standard InChI is InChI=1S/C19H15ClFN3S2/c1-11-10-12(5-6-13(11)21)24-18(15-7-8-16(20)26-15)17(23-19(24)25)14-4-2-3-9-22-14/h2-10,17-18H,1H3,(H,23,25). The molecule has 26 heavy (non-hydrogen) atoms. The van der Waals surface area contributed by atoms with Crippen molar-refractivity contribution in [2.24, 2.45) is 0 Å². The molecule has 1 N–H and O–H groups in total.